The van der Waals surface area contributed by atoms with Crippen LogP contribution in [0.4, 0.5) is 10.5 Å². The maximum Gasteiger partial charge on any atom is 0.322 e. The molecular formula is C25H29N5O7. The van der Waals surface area contributed by atoms with Crippen molar-refractivity contribution in [2.24, 2.45) is 4.99 Å². The number of aryl methyl sites for hydroxylation is 2. The van der Waals surface area contributed by atoms with Crippen LogP contribution >= 0.6 is 0 Å². The number of imide groups is 1. The molecule has 12 nitrogen and oxygen atoms in total. The maximum atomic E-state index is 11.9. The molecule has 2 unspecified atom stereocenters. The van der Waals surface area contributed by atoms with E-state index < -0.39 is 24.1 Å². The third-order valence-electron chi connectivity index (χ3n) is 5.68. The molecule has 2 atom stereocenters. The minimum atomic E-state index is -0.914. The number of furan rings is 1. The lowest BCUT2D eigenvalue weighted by Crippen LogP contribution is -2.31. The molecule has 0 spiro atoms. The van der Waals surface area contributed by atoms with E-state index in [0.29, 0.717) is 22.8 Å². The molecule has 2 saturated heterocycles. The Labute approximate surface area is 213 Å². The number of carbonyl (C=O) groups is 4. The summed E-state index contributed by atoms with van der Waals surface area (Å²) in [4.78, 5) is 51.8. The first-order valence-corrected chi connectivity index (χ1v) is 11.4. The highest BCUT2D eigenvalue weighted by Crippen LogP contribution is 2.29. The lowest BCUT2D eigenvalue weighted by Gasteiger charge is -2.15. The van der Waals surface area contributed by atoms with E-state index >= 15 is 0 Å². The molecule has 0 aliphatic carbocycles. The molecule has 196 valence electrons. The van der Waals surface area contributed by atoms with Gasteiger partial charge in [-0.2, -0.15) is 0 Å². The smallest absolute Gasteiger partial charge is 0.322 e. The molecule has 1 aromatic carbocycles. The van der Waals surface area contributed by atoms with Crippen LogP contribution in [0.15, 0.2) is 46.3 Å². The predicted molar refractivity (Wildman–Crippen MR) is 134 cm³/mol. The molecule has 0 saturated carbocycles. The van der Waals surface area contributed by atoms with Gasteiger partial charge in [0.1, 0.15) is 28.8 Å². The highest BCUT2D eigenvalue weighted by molar-refractivity contribution is 6.06. The summed E-state index contributed by atoms with van der Waals surface area (Å²) >= 11 is 0. The molecular weight excluding hydrogens is 482 g/mol. The number of nitrogens with one attached hydrogen (secondary N) is 3. The topological polar surface area (TPSA) is 163 Å². The van der Waals surface area contributed by atoms with Gasteiger partial charge in [-0.15, -0.1) is 0 Å². The van der Waals surface area contributed by atoms with Gasteiger partial charge in [-0.1, -0.05) is 12.6 Å². The van der Waals surface area contributed by atoms with Gasteiger partial charge < -0.3 is 24.9 Å². The molecule has 4 N–H and O–H groups in total. The Balaban J connectivity index is 0.000000248. The fraction of sp³-hybridized carbons (Fsp3) is 0.320. The van der Waals surface area contributed by atoms with Crippen LogP contribution in [0.25, 0.3) is 0 Å². The predicted octanol–water partition coefficient (Wildman–Crippen LogP) is 1.64. The summed E-state index contributed by atoms with van der Waals surface area (Å²) in [5, 5.41) is 16.7. The molecule has 1 aromatic heterocycles. The summed E-state index contributed by atoms with van der Waals surface area (Å²) in [7, 11) is 3.19. The van der Waals surface area contributed by atoms with Crippen LogP contribution in [0, 0.1) is 13.8 Å². The lowest BCUT2D eigenvalue weighted by atomic mass is 10.1. The number of urea groups is 1. The van der Waals surface area contributed by atoms with Crippen LogP contribution < -0.4 is 20.7 Å². The molecule has 0 radical (unpaired) electrons. The lowest BCUT2D eigenvalue weighted by molar-refractivity contribution is -0.124. The molecule has 5 amide bonds. The van der Waals surface area contributed by atoms with Crippen molar-refractivity contribution in [1.82, 2.24) is 20.9 Å². The number of β-amino-alcohol motifs (C(OH)–C–C–N with tert-alkyl or cyclic N) is 1. The van der Waals surface area contributed by atoms with Gasteiger partial charge in [0.25, 0.3) is 11.8 Å². The fourth-order valence-electron chi connectivity index (χ4n) is 3.72. The van der Waals surface area contributed by atoms with Gasteiger partial charge in [0.2, 0.25) is 5.91 Å². The normalized spacial score (nSPS) is 19.1. The highest BCUT2D eigenvalue weighted by atomic mass is 16.5. The number of aliphatic hydroxyl groups is 1. The van der Waals surface area contributed by atoms with Crippen molar-refractivity contribution >= 4 is 35.3 Å². The van der Waals surface area contributed by atoms with E-state index in [9.17, 15) is 24.3 Å². The number of benzene rings is 1. The molecule has 4 rings (SSSR count). The first kappa shape index (κ1) is 27.1. The second kappa shape index (κ2) is 11.5. The number of aliphatic imine (C=N–C) groups is 1. The van der Waals surface area contributed by atoms with Gasteiger partial charge in [-0.3, -0.25) is 24.6 Å². The molecule has 2 fully saturated rings. The van der Waals surface area contributed by atoms with Crippen LogP contribution in [0.5, 0.6) is 5.75 Å². The average Bonchev–Trinajstić information content (AvgIpc) is 3.52. The minimum absolute atomic E-state index is 0.0384. The number of hydrogen-bond acceptors (Lipinski definition) is 8. The minimum Gasteiger partial charge on any atom is -0.497 e. The Morgan fingerprint density at radius 1 is 1.30 bits per heavy atom. The number of nitrogens with zero attached hydrogens (tertiary/aromatic N) is 2. The third-order valence-corrected chi connectivity index (χ3v) is 5.68. The van der Waals surface area contributed by atoms with Crippen molar-refractivity contribution in [2.75, 3.05) is 20.7 Å². The number of amidine groups is 1. The number of carbonyl (C=O) groups excluding carboxylic acids is 4. The van der Waals surface area contributed by atoms with Crippen LogP contribution in [0.3, 0.4) is 0 Å². The van der Waals surface area contributed by atoms with E-state index in [1.165, 1.54) is 17.0 Å². The molecule has 37 heavy (non-hydrogen) atoms. The first-order valence-electron chi connectivity index (χ1n) is 11.4. The zero-order chi connectivity index (χ0) is 27.3. The van der Waals surface area contributed by atoms with Crippen molar-refractivity contribution in [3.8, 4) is 5.75 Å². The van der Waals surface area contributed by atoms with Crippen molar-refractivity contribution < 1.29 is 33.4 Å². The summed E-state index contributed by atoms with van der Waals surface area (Å²) < 4.78 is 10.5. The van der Waals surface area contributed by atoms with Gasteiger partial charge >= 0.3 is 6.03 Å². The van der Waals surface area contributed by atoms with Crippen molar-refractivity contribution in [1.29, 1.82) is 0 Å². The number of amides is 5. The summed E-state index contributed by atoms with van der Waals surface area (Å²) in [6, 6.07) is 5.44. The third kappa shape index (κ3) is 6.22. The highest BCUT2D eigenvalue weighted by Gasteiger charge is 2.34. The van der Waals surface area contributed by atoms with Gasteiger partial charge in [0.15, 0.2) is 6.04 Å². The summed E-state index contributed by atoms with van der Waals surface area (Å²) in [6.07, 6.45) is 0.712. The van der Waals surface area contributed by atoms with Crippen LogP contribution in [0.2, 0.25) is 0 Å². The van der Waals surface area contributed by atoms with Crippen molar-refractivity contribution in [3.05, 3.63) is 59.6 Å². The molecule has 2 aliphatic rings. The number of methoxy groups -OCH3 is 1. The summed E-state index contributed by atoms with van der Waals surface area (Å²) in [5.74, 6) is 0.805. The van der Waals surface area contributed by atoms with Gasteiger partial charge in [-0.05, 0) is 37.6 Å². The molecule has 3 heterocycles. The average molecular weight is 512 g/mol. The molecule has 2 aromatic rings. The molecule has 12 heteroatoms. The largest absolute Gasteiger partial charge is 0.497 e. The molecule has 2 aliphatic heterocycles. The van der Waals surface area contributed by atoms with Crippen molar-refractivity contribution in [3.63, 3.8) is 0 Å². The fourth-order valence-corrected chi connectivity index (χ4v) is 3.72. The SMILES string of the molecule is C=CC(=Nc1cc(C2NC(=O)NC2=O)oc1C)N1CC(O)CC1=O.CNC(=O)c1cc(OC)ccc1C. The number of ether oxygens (including phenoxy) is 1. The molecule has 0 bridgehead atoms. The Hall–Kier alpha value is -4.45. The first-order chi connectivity index (χ1) is 17.6. The van der Waals surface area contributed by atoms with Crippen LogP contribution in [0.1, 0.15) is 39.9 Å². The van der Waals surface area contributed by atoms with E-state index in [4.69, 9.17) is 9.15 Å². The number of rotatable bonds is 5. The number of aliphatic hydroxyl groups excluding tert-OH is 1. The second-order valence-electron chi connectivity index (χ2n) is 8.28. The zero-order valence-electron chi connectivity index (χ0n) is 21.0. The standard InChI is InChI=1S/C15H16N4O5.C10H13NO2/c1-3-11(19-6-8(20)4-12(19)21)16-9-5-10(24-7(9)2)13-14(22)18-15(23)17-13;1-7-4-5-8(13-3)6-9(7)10(12)11-2/h3,5,8,13,20H,1,4,6H2,2H3,(H2,17,18,22,23);4-6H,1-3H3,(H,11,12). The van der Waals surface area contributed by atoms with E-state index in [0.717, 1.165) is 5.56 Å². The summed E-state index contributed by atoms with van der Waals surface area (Å²) in [6.45, 7) is 7.33. The van der Waals surface area contributed by atoms with Crippen LogP contribution in [-0.2, 0) is 9.59 Å². The Morgan fingerprint density at radius 2 is 2.03 bits per heavy atom. The van der Waals surface area contributed by atoms with E-state index in [1.54, 1.807) is 27.1 Å². The second-order valence-corrected chi connectivity index (χ2v) is 8.28. The van der Waals surface area contributed by atoms with E-state index in [2.05, 4.69) is 27.5 Å². The Bertz CT molecular complexity index is 1270. The van der Waals surface area contributed by atoms with Gasteiger partial charge in [0, 0.05) is 18.7 Å². The Kier molecular flexibility index (Phi) is 8.45. The Morgan fingerprint density at radius 3 is 2.57 bits per heavy atom. The quantitative estimate of drug-likeness (QED) is 0.269. The number of likely N-dealkylation sites (tertiary alicyclic amines) is 1. The number of hydrogen-bond donors (Lipinski definition) is 4. The monoisotopic (exact) mass is 511 g/mol. The zero-order valence-corrected chi connectivity index (χ0v) is 21.0. The van der Waals surface area contributed by atoms with E-state index in [-0.39, 0.29) is 36.4 Å². The van der Waals surface area contributed by atoms with Crippen molar-refractivity contribution in [2.45, 2.75) is 32.4 Å². The van der Waals surface area contributed by atoms with Crippen LogP contribution in [-0.4, -0.2) is 66.4 Å². The van der Waals surface area contributed by atoms with E-state index in [1.807, 2.05) is 19.1 Å². The summed E-state index contributed by atoms with van der Waals surface area (Å²) in [5.41, 5.74) is 2.00. The van der Waals surface area contributed by atoms with Gasteiger partial charge in [-0.25, -0.2) is 9.79 Å². The maximum absolute atomic E-state index is 11.9. The van der Waals surface area contributed by atoms with Gasteiger partial charge in [0.05, 0.1) is 26.2 Å².